The molecular formula is C19H20N2O5. The van der Waals surface area contributed by atoms with Gasteiger partial charge in [-0.15, -0.1) is 0 Å². The van der Waals surface area contributed by atoms with Gasteiger partial charge in [0.2, 0.25) is 5.91 Å². The first kappa shape index (κ1) is 19.0. The summed E-state index contributed by atoms with van der Waals surface area (Å²) in [6.07, 6.45) is 6.52. The van der Waals surface area contributed by atoms with Crippen LogP contribution in [0.25, 0.3) is 0 Å². The topological polar surface area (TPSA) is 84.9 Å². The van der Waals surface area contributed by atoms with Crippen LogP contribution >= 0.6 is 0 Å². The Morgan fingerprint density at radius 1 is 1.04 bits per heavy atom. The quantitative estimate of drug-likeness (QED) is 0.804. The van der Waals surface area contributed by atoms with E-state index in [1.165, 1.54) is 25.2 Å². The second kappa shape index (κ2) is 8.66. The van der Waals surface area contributed by atoms with Gasteiger partial charge in [0.25, 0.3) is 0 Å². The fraction of sp³-hybridized carbons (Fsp3) is 0.211. The van der Waals surface area contributed by atoms with Gasteiger partial charge >= 0.3 is 11.9 Å². The summed E-state index contributed by atoms with van der Waals surface area (Å²) < 4.78 is 9.66. The Morgan fingerprint density at radius 2 is 1.73 bits per heavy atom. The molecule has 0 saturated heterocycles. The lowest BCUT2D eigenvalue weighted by molar-refractivity contribution is -0.139. The number of rotatable bonds is 5. The number of methoxy groups -OCH3 is 2. The largest absolute Gasteiger partial charge is 0.465 e. The van der Waals surface area contributed by atoms with E-state index in [9.17, 15) is 14.4 Å². The van der Waals surface area contributed by atoms with Gasteiger partial charge in [0.1, 0.15) is 5.70 Å². The maximum atomic E-state index is 12.4. The van der Waals surface area contributed by atoms with Crippen LogP contribution in [0.5, 0.6) is 0 Å². The molecule has 1 aromatic carbocycles. The Hall–Kier alpha value is -3.35. The molecule has 1 amide bonds. The number of nitrogens with zero attached hydrogens (tertiary/aromatic N) is 1. The summed E-state index contributed by atoms with van der Waals surface area (Å²) in [4.78, 5) is 38.0. The van der Waals surface area contributed by atoms with Crippen LogP contribution in [0.4, 0.5) is 5.69 Å². The fourth-order valence-electron chi connectivity index (χ4n) is 2.51. The number of amides is 1. The lowest BCUT2D eigenvalue weighted by atomic mass is 10.1. The summed E-state index contributed by atoms with van der Waals surface area (Å²) in [6.45, 7) is 0. The molecule has 7 heteroatoms. The molecule has 1 aliphatic heterocycles. The van der Waals surface area contributed by atoms with Crippen LogP contribution in [-0.4, -0.2) is 39.1 Å². The predicted molar refractivity (Wildman–Crippen MR) is 96.0 cm³/mol. The van der Waals surface area contributed by atoms with E-state index in [0.717, 1.165) is 0 Å². The maximum Gasteiger partial charge on any atom is 0.355 e. The number of carbonyl (C=O) groups is 3. The summed E-state index contributed by atoms with van der Waals surface area (Å²) in [5.41, 5.74) is 1.33. The van der Waals surface area contributed by atoms with Gasteiger partial charge in [-0.05, 0) is 23.8 Å². The van der Waals surface area contributed by atoms with E-state index >= 15 is 0 Å². The number of ether oxygens (including phenoxy) is 2. The Balaban J connectivity index is 2.64. The monoisotopic (exact) mass is 356 g/mol. The number of nitrogens with one attached hydrogen (secondary N) is 1. The molecule has 1 aliphatic rings. The fourth-order valence-corrected chi connectivity index (χ4v) is 2.51. The van der Waals surface area contributed by atoms with E-state index in [1.807, 2.05) is 0 Å². The Morgan fingerprint density at radius 3 is 2.38 bits per heavy atom. The van der Waals surface area contributed by atoms with Crippen molar-refractivity contribution in [1.29, 1.82) is 0 Å². The number of carbonyl (C=O) groups excluding carboxylic acids is 3. The lowest BCUT2D eigenvalue weighted by Crippen LogP contribution is -2.28. The molecule has 0 bridgehead atoms. The van der Waals surface area contributed by atoms with E-state index in [2.05, 4.69) is 5.32 Å². The van der Waals surface area contributed by atoms with Gasteiger partial charge in [0, 0.05) is 18.9 Å². The van der Waals surface area contributed by atoms with Gasteiger partial charge < -0.3 is 19.7 Å². The minimum absolute atomic E-state index is 0.00806. The molecule has 0 aliphatic carbocycles. The van der Waals surface area contributed by atoms with Gasteiger partial charge in [-0.2, -0.15) is 0 Å². The summed E-state index contributed by atoms with van der Waals surface area (Å²) >= 11 is 0. The number of benzene rings is 1. The van der Waals surface area contributed by atoms with Crippen LogP contribution < -0.4 is 10.2 Å². The van der Waals surface area contributed by atoms with Crippen LogP contribution in [0.1, 0.15) is 5.56 Å². The Labute approximate surface area is 151 Å². The van der Waals surface area contributed by atoms with Crippen LogP contribution in [0.2, 0.25) is 0 Å². The molecule has 1 N–H and O–H groups in total. The highest BCUT2D eigenvalue weighted by Crippen LogP contribution is 2.29. The summed E-state index contributed by atoms with van der Waals surface area (Å²) in [5, 5.41) is 2.57. The van der Waals surface area contributed by atoms with Gasteiger partial charge in [-0.25, -0.2) is 9.59 Å². The van der Waals surface area contributed by atoms with Gasteiger partial charge in [0.05, 0.1) is 26.2 Å². The normalized spacial score (nSPS) is 13.3. The van der Waals surface area contributed by atoms with Crippen molar-refractivity contribution < 1.29 is 23.9 Å². The number of hydrogen-bond acceptors (Lipinski definition) is 6. The number of esters is 2. The molecule has 1 heterocycles. The van der Waals surface area contributed by atoms with E-state index < -0.39 is 11.9 Å². The SMILES string of the molecule is CNC(=O)Cc1ccccc1N1C=CC=CC(C(=O)OC)=C1C(=O)OC. The van der Waals surface area contributed by atoms with Gasteiger partial charge in [-0.1, -0.05) is 24.3 Å². The summed E-state index contributed by atoms with van der Waals surface area (Å²) in [5.74, 6) is -1.54. The predicted octanol–water partition coefficient (Wildman–Crippen LogP) is 1.47. The summed E-state index contributed by atoms with van der Waals surface area (Å²) in [6, 6.07) is 7.11. The lowest BCUT2D eigenvalue weighted by Gasteiger charge is -2.25. The smallest absolute Gasteiger partial charge is 0.355 e. The van der Waals surface area contributed by atoms with Crippen LogP contribution in [0, 0.1) is 0 Å². The number of para-hydroxylation sites is 1. The highest BCUT2D eigenvalue weighted by atomic mass is 16.5. The molecule has 136 valence electrons. The maximum absolute atomic E-state index is 12.4. The van der Waals surface area contributed by atoms with Gasteiger partial charge in [-0.3, -0.25) is 4.79 Å². The number of hydrogen-bond donors (Lipinski definition) is 1. The van der Waals surface area contributed by atoms with Crippen molar-refractivity contribution in [3.8, 4) is 0 Å². The minimum Gasteiger partial charge on any atom is -0.465 e. The standard InChI is InChI=1S/C19H20N2O5/c1-20-16(22)12-13-8-4-5-10-15(13)21-11-7-6-9-14(18(23)25-2)17(21)19(24)26-3/h4-11H,12H2,1-3H3,(H,20,22). The molecule has 0 fully saturated rings. The first-order chi connectivity index (χ1) is 12.5. The van der Waals surface area contributed by atoms with Crippen molar-refractivity contribution in [1.82, 2.24) is 5.32 Å². The molecule has 0 saturated carbocycles. The molecule has 26 heavy (non-hydrogen) atoms. The average molecular weight is 356 g/mol. The molecule has 2 rings (SSSR count). The minimum atomic E-state index is -0.698. The molecule has 0 atom stereocenters. The first-order valence-electron chi connectivity index (χ1n) is 7.87. The number of likely N-dealkylation sites (N-methyl/N-ethyl adjacent to an activating group) is 1. The Kier molecular flexibility index (Phi) is 6.32. The Bertz CT molecular complexity index is 808. The molecule has 7 nitrogen and oxygen atoms in total. The van der Waals surface area contributed by atoms with Crippen molar-refractivity contribution in [2.24, 2.45) is 0 Å². The highest BCUT2D eigenvalue weighted by Gasteiger charge is 2.28. The van der Waals surface area contributed by atoms with Crippen LogP contribution in [0.3, 0.4) is 0 Å². The number of anilines is 1. The molecule has 1 aromatic rings. The highest BCUT2D eigenvalue weighted by molar-refractivity contribution is 6.05. The number of allylic oxidation sites excluding steroid dienone is 2. The third-order valence-corrected chi connectivity index (χ3v) is 3.77. The molecule has 0 radical (unpaired) electrons. The molecule has 0 aromatic heterocycles. The van der Waals surface area contributed by atoms with Crippen molar-refractivity contribution in [2.45, 2.75) is 6.42 Å². The van der Waals surface area contributed by atoms with Crippen LogP contribution in [0.15, 0.2) is 60.0 Å². The first-order valence-corrected chi connectivity index (χ1v) is 7.87. The molecular weight excluding hydrogens is 336 g/mol. The third-order valence-electron chi connectivity index (χ3n) is 3.77. The van der Waals surface area contributed by atoms with Crippen LogP contribution in [-0.2, 0) is 30.3 Å². The second-order valence-corrected chi connectivity index (χ2v) is 5.29. The van der Waals surface area contributed by atoms with E-state index in [-0.39, 0.29) is 23.6 Å². The van der Waals surface area contributed by atoms with Crippen molar-refractivity contribution in [3.05, 3.63) is 65.5 Å². The van der Waals surface area contributed by atoms with E-state index in [4.69, 9.17) is 9.47 Å². The zero-order valence-corrected chi connectivity index (χ0v) is 14.8. The molecule has 0 spiro atoms. The summed E-state index contributed by atoms with van der Waals surface area (Å²) in [7, 11) is 4.02. The zero-order valence-electron chi connectivity index (χ0n) is 14.8. The van der Waals surface area contributed by atoms with Crippen molar-refractivity contribution in [3.63, 3.8) is 0 Å². The third kappa shape index (κ3) is 4.00. The zero-order chi connectivity index (χ0) is 19.1. The average Bonchev–Trinajstić information content (AvgIpc) is 2.89. The van der Waals surface area contributed by atoms with E-state index in [0.29, 0.717) is 11.3 Å². The van der Waals surface area contributed by atoms with Gasteiger partial charge in [0.15, 0.2) is 0 Å². The van der Waals surface area contributed by atoms with E-state index in [1.54, 1.807) is 49.7 Å². The molecule has 0 unspecified atom stereocenters. The second-order valence-electron chi connectivity index (χ2n) is 5.29. The van der Waals surface area contributed by atoms with Crippen molar-refractivity contribution in [2.75, 3.05) is 26.2 Å². The van der Waals surface area contributed by atoms with Crippen molar-refractivity contribution >= 4 is 23.5 Å².